The molecule has 0 atom stereocenters. The van der Waals surface area contributed by atoms with E-state index in [-0.39, 0.29) is 11.6 Å². The van der Waals surface area contributed by atoms with E-state index in [1.54, 1.807) is 61.5 Å². The monoisotopic (exact) mass is 278 g/mol. The van der Waals surface area contributed by atoms with Crippen LogP contribution in [0.25, 0.3) is 0 Å². The van der Waals surface area contributed by atoms with E-state index >= 15 is 0 Å². The lowest BCUT2D eigenvalue weighted by atomic mass is 9.73. The van der Waals surface area contributed by atoms with Crippen molar-refractivity contribution in [1.82, 2.24) is 0 Å². The van der Waals surface area contributed by atoms with Crippen LogP contribution in [0.15, 0.2) is 73.3 Å². The van der Waals surface area contributed by atoms with Crippen molar-refractivity contribution in [3.8, 4) is 0 Å². The minimum absolute atomic E-state index is 0.170. The molecular formula is C19H18O2. The van der Waals surface area contributed by atoms with Crippen LogP contribution in [-0.4, -0.2) is 11.6 Å². The fourth-order valence-electron chi connectivity index (χ4n) is 2.39. The molecule has 0 aromatic heterocycles. The van der Waals surface area contributed by atoms with Gasteiger partial charge in [-0.05, 0) is 13.3 Å². The standard InChI is InChI=1S/C19H18O2/c1-3-14-19(2,17(20)15-10-6-4-7-11-15)18(21)16-12-8-5-9-13-16/h3-13H,1,14H2,2H3. The van der Waals surface area contributed by atoms with Crippen LogP contribution in [0.2, 0.25) is 0 Å². The van der Waals surface area contributed by atoms with E-state index < -0.39 is 5.41 Å². The second-order valence-electron chi connectivity index (χ2n) is 5.22. The van der Waals surface area contributed by atoms with E-state index in [4.69, 9.17) is 0 Å². The lowest BCUT2D eigenvalue weighted by Gasteiger charge is -2.25. The van der Waals surface area contributed by atoms with Gasteiger partial charge in [-0.15, -0.1) is 6.58 Å². The Labute approximate surface area is 125 Å². The van der Waals surface area contributed by atoms with E-state index in [1.807, 2.05) is 12.1 Å². The third-order valence-electron chi connectivity index (χ3n) is 3.63. The van der Waals surface area contributed by atoms with Gasteiger partial charge in [-0.25, -0.2) is 0 Å². The van der Waals surface area contributed by atoms with E-state index in [0.29, 0.717) is 17.5 Å². The number of Topliss-reactive ketones (excluding diaryl/α,β-unsaturated/α-hetero) is 2. The Hall–Kier alpha value is -2.48. The maximum Gasteiger partial charge on any atom is 0.176 e. The molecule has 2 heteroatoms. The third-order valence-corrected chi connectivity index (χ3v) is 3.63. The molecule has 106 valence electrons. The zero-order valence-electron chi connectivity index (χ0n) is 12.1. The summed E-state index contributed by atoms with van der Waals surface area (Å²) >= 11 is 0. The van der Waals surface area contributed by atoms with Crippen LogP contribution < -0.4 is 0 Å². The van der Waals surface area contributed by atoms with Crippen LogP contribution in [0.1, 0.15) is 34.1 Å². The first-order chi connectivity index (χ1) is 10.1. The molecule has 0 aliphatic rings. The van der Waals surface area contributed by atoms with E-state index in [1.165, 1.54) is 0 Å². The highest BCUT2D eigenvalue weighted by Crippen LogP contribution is 2.31. The van der Waals surface area contributed by atoms with Crippen LogP contribution in [-0.2, 0) is 0 Å². The minimum Gasteiger partial charge on any atom is -0.293 e. The first-order valence-electron chi connectivity index (χ1n) is 6.90. The molecule has 0 radical (unpaired) electrons. The van der Waals surface area contributed by atoms with Crippen molar-refractivity contribution in [1.29, 1.82) is 0 Å². The molecule has 0 aliphatic heterocycles. The fraction of sp³-hybridized carbons (Fsp3) is 0.158. The summed E-state index contributed by atoms with van der Waals surface area (Å²) in [4.78, 5) is 25.6. The van der Waals surface area contributed by atoms with Gasteiger partial charge in [0.05, 0.1) is 5.41 Å². The second kappa shape index (κ2) is 6.31. The minimum atomic E-state index is -1.12. The SMILES string of the molecule is C=CCC(C)(C(=O)c1ccccc1)C(=O)c1ccccc1. The zero-order valence-corrected chi connectivity index (χ0v) is 12.1. The Balaban J connectivity index is 2.43. The van der Waals surface area contributed by atoms with Crippen LogP contribution >= 0.6 is 0 Å². The van der Waals surface area contributed by atoms with Gasteiger partial charge in [0.2, 0.25) is 0 Å². The van der Waals surface area contributed by atoms with Crippen LogP contribution in [0, 0.1) is 5.41 Å². The molecular weight excluding hydrogens is 260 g/mol. The molecule has 0 saturated heterocycles. The largest absolute Gasteiger partial charge is 0.293 e. The van der Waals surface area contributed by atoms with Gasteiger partial charge in [-0.2, -0.15) is 0 Å². The van der Waals surface area contributed by atoms with E-state index in [0.717, 1.165) is 0 Å². The van der Waals surface area contributed by atoms with Crippen molar-refractivity contribution in [3.63, 3.8) is 0 Å². The number of benzene rings is 2. The van der Waals surface area contributed by atoms with E-state index in [9.17, 15) is 9.59 Å². The summed E-state index contributed by atoms with van der Waals surface area (Å²) in [6, 6.07) is 17.8. The average molecular weight is 278 g/mol. The fourth-order valence-corrected chi connectivity index (χ4v) is 2.39. The number of hydrogen-bond donors (Lipinski definition) is 0. The first kappa shape index (κ1) is 14.9. The molecule has 2 aromatic rings. The molecule has 0 spiro atoms. The van der Waals surface area contributed by atoms with Crippen LogP contribution in [0.5, 0.6) is 0 Å². The van der Waals surface area contributed by atoms with Gasteiger partial charge in [-0.1, -0.05) is 66.7 Å². The molecule has 0 amide bonds. The maximum absolute atomic E-state index is 12.8. The van der Waals surface area contributed by atoms with Crippen molar-refractivity contribution < 1.29 is 9.59 Å². The first-order valence-corrected chi connectivity index (χ1v) is 6.90. The van der Waals surface area contributed by atoms with Crippen LogP contribution in [0.3, 0.4) is 0 Å². The smallest absolute Gasteiger partial charge is 0.176 e. The van der Waals surface area contributed by atoms with Crippen molar-refractivity contribution in [2.45, 2.75) is 13.3 Å². The molecule has 0 aliphatic carbocycles. The van der Waals surface area contributed by atoms with Gasteiger partial charge in [0.1, 0.15) is 0 Å². The van der Waals surface area contributed by atoms with Gasteiger partial charge < -0.3 is 0 Å². The Morgan fingerprint density at radius 3 is 1.62 bits per heavy atom. The van der Waals surface area contributed by atoms with Gasteiger partial charge in [-0.3, -0.25) is 9.59 Å². The van der Waals surface area contributed by atoms with Gasteiger partial charge >= 0.3 is 0 Å². The number of ketones is 2. The Bertz CT molecular complexity index is 590. The summed E-state index contributed by atoms with van der Waals surface area (Å²) in [7, 11) is 0. The lowest BCUT2D eigenvalue weighted by Crippen LogP contribution is -2.36. The molecule has 0 heterocycles. The Morgan fingerprint density at radius 2 is 1.29 bits per heavy atom. The van der Waals surface area contributed by atoms with Crippen LogP contribution in [0.4, 0.5) is 0 Å². The van der Waals surface area contributed by atoms with Gasteiger partial charge in [0.15, 0.2) is 11.6 Å². The summed E-state index contributed by atoms with van der Waals surface area (Å²) in [5.74, 6) is -0.339. The molecule has 0 saturated carbocycles. The molecule has 0 N–H and O–H groups in total. The molecule has 2 aromatic carbocycles. The summed E-state index contributed by atoms with van der Waals surface area (Å²) in [5, 5.41) is 0. The van der Waals surface area contributed by atoms with Crippen molar-refractivity contribution in [2.24, 2.45) is 5.41 Å². The predicted octanol–water partition coefficient (Wildman–Crippen LogP) is 4.33. The highest BCUT2D eigenvalue weighted by atomic mass is 16.2. The topological polar surface area (TPSA) is 34.1 Å². The lowest BCUT2D eigenvalue weighted by molar-refractivity contribution is 0.0690. The van der Waals surface area contributed by atoms with Crippen molar-refractivity contribution in [2.75, 3.05) is 0 Å². The Kier molecular flexibility index (Phi) is 4.49. The normalized spacial score (nSPS) is 10.9. The molecule has 2 nitrogen and oxygen atoms in total. The third kappa shape index (κ3) is 3.00. The second-order valence-corrected chi connectivity index (χ2v) is 5.22. The quantitative estimate of drug-likeness (QED) is 0.447. The van der Waals surface area contributed by atoms with Crippen molar-refractivity contribution in [3.05, 3.63) is 84.4 Å². The maximum atomic E-state index is 12.8. The summed E-state index contributed by atoms with van der Waals surface area (Å²) < 4.78 is 0. The predicted molar refractivity (Wildman–Crippen MR) is 84.5 cm³/mol. The number of carbonyl (C=O) groups excluding carboxylic acids is 2. The average Bonchev–Trinajstić information content (AvgIpc) is 2.55. The molecule has 0 fully saturated rings. The number of allylic oxidation sites excluding steroid dienone is 1. The summed E-state index contributed by atoms with van der Waals surface area (Å²) in [6.45, 7) is 5.39. The zero-order chi connectivity index (χ0) is 15.3. The highest BCUT2D eigenvalue weighted by Gasteiger charge is 2.40. The molecule has 0 unspecified atom stereocenters. The van der Waals surface area contributed by atoms with Gasteiger partial charge in [0, 0.05) is 11.1 Å². The number of carbonyl (C=O) groups is 2. The summed E-state index contributed by atoms with van der Waals surface area (Å²) in [6.07, 6.45) is 1.94. The summed E-state index contributed by atoms with van der Waals surface area (Å²) in [5.41, 5.74) is -0.0259. The number of rotatable bonds is 6. The molecule has 0 bridgehead atoms. The molecule has 21 heavy (non-hydrogen) atoms. The van der Waals surface area contributed by atoms with Crippen molar-refractivity contribution >= 4 is 11.6 Å². The molecule has 2 rings (SSSR count). The number of hydrogen-bond acceptors (Lipinski definition) is 2. The highest BCUT2D eigenvalue weighted by molar-refractivity contribution is 6.19. The van der Waals surface area contributed by atoms with Gasteiger partial charge in [0.25, 0.3) is 0 Å². The van der Waals surface area contributed by atoms with E-state index in [2.05, 4.69) is 6.58 Å². The Morgan fingerprint density at radius 1 is 0.905 bits per heavy atom.